The molecule has 88 valence electrons. The highest BCUT2D eigenvalue weighted by atomic mass is 16.5. The Labute approximate surface area is 101 Å². The number of carbonyl (C=O) groups is 1. The van der Waals surface area contributed by atoms with Crippen LogP contribution in [0.4, 0.5) is 0 Å². The highest BCUT2D eigenvalue weighted by molar-refractivity contribution is 5.81. The van der Waals surface area contributed by atoms with Crippen LogP contribution in [0.2, 0.25) is 0 Å². The summed E-state index contributed by atoms with van der Waals surface area (Å²) >= 11 is 0. The van der Waals surface area contributed by atoms with Crippen molar-refractivity contribution < 1.29 is 14.3 Å². The predicted octanol–water partition coefficient (Wildman–Crippen LogP) is 2.37. The molecule has 1 rings (SSSR count). The third kappa shape index (κ3) is 4.04. The average molecular weight is 230 g/mol. The van der Waals surface area contributed by atoms with Crippen LogP contribution in [-0.2, 0) is 14.3 Å². The number of hydrogen-bond donors (Lipinski definition) is 0. The first-order chi connectivity index (χ1) is 8.17. The second-order valence-electron chi connectivity index (χ2n) is 3.42. The lowest BCUT2D eigenvalue weighted by atomic mass is 10.1. The van der Waals surface area contributed by atoms with Crippen molar-refractivity contribution in [1.29, 1.82) is 0 Å². The number of hydrogen-bond acceptors (Lipinski definition) is 3. The molecule has 3 heteroatoms. The molecule has 0 radical (unpaired) electrons. The first-order valence-corrected chi connectivity index (χ1v) is 5.10. The molecule has 0 N–H and O–H groups in total. The summed E-state index contributed by atoms with van der Waals surface area (Å²) in [5.41, 5.74) is 2.02. The van der Waals surface area contributed by atoms with E-state index in [1.165, 1.54) is 19.4 Å². The predicted molar refractivity (Wildman–Crippen MR) is 65.0 cm³/mol. The maximum Gasteiger partial charge on any atom is 0.333 e. The molecule has 0 aliphatic heterocycles. The Balaban J connectivity index is 2.67. The van der Waals surface area contributed by atoms with Crippen molar-refractivity contribution in [3.05, 3.63) is 47.7 Å². The molecule has 0 aromatic heterocycles. The summed E-state index contributed by atoms with van der Waals surface area (Å²) in [6.07, 6.45) is 7.29. The maximum absolute atomic E-state index is 10.8. The van der Waals surface area contributed by atoms with E-state index in [2.05, 4.69) is 10.7 Å². The van der Waals surface area contributed by atoms with Gasteiger partial charge in [-0.25, -0.2) is 4.79 Å². The molecule has 0 aliphatic rings. The first kappa shape index (κ1) is 12.9. The van der Waals surface area contributed by atoms with Crippen molar-refractivity contribution in [2.45, 2.75) is 13.0 Å². The van der Waals surface area contributed by atoms with E-state index in [4.69, 9.17) is 11.2 Å². The highest BCUT2D eigenvalue weighted by Crippen LogP contribution is 2.17. The number of aryl methyl sites for hydroxylation is 1. The third-order valence-electron chi connectivity index (χ3n) is 2.15. The third-order valence-corrected chi connectivity index (χ3v) is 2.15. The number of carbonyl (C=O) groups excluding carboxylic acids is 1. The fourth-order valence-corrected chi connectivity index (χ4v) is 1.20. The summed E-state index contributed by atoms with van der Waals surface area (Å²) in [6, 6.07) is 7.69. The summed E-state index contributed by atoms with van der Waals surface area (Å²) in [7, 11) is 1.30. The molecule has 1 aromatic rings. The molecule has 0 fully saturated rings. The number of methoxy groups -OCH3 is 1. The first-order valence-electron chi connectivity index (χ1n) is 5.10. The van der Waals surface area contributed by atoms with Crippen LogP contribution in [0.3, 0.4) is 0 Å². The van der Waals surface area contributed by atoms with Gasteiger partial charge >= 0.3 is 5.97 Å². The Kier molecular flexibility index (Phi) is 4.83. The molecule has 1 unspecified atom stereocenters. The molecule has 3 nitrogen and oxygen atoms in total. The lowest BCUT2D eigenvalue weighted by Crippen LogP contribution is -1.99. The van der Waals surface area contributed by atoms with Gasteiger partial charge in [0.25, 0.3) is 0 Å². The van der Waals surface area contributed by atoms with Gasteiger partial charge in [-0.3, -0.25) is 0 Å². The summed E-state index contributed by atoms with van der Waals surface area (Å²) < 4.78 is 9.70. The van der Waals surface area contributed by atoms with Gasteiger partial charge in [0.15, 0.2) is 6.10 Å². The molecule has 1 aromatic carbocycles. The van der Waals surface area contributed by atoms with Crippen LogP contribution in [-0.4, -0.2) is 13.1 Å². The van der Waals surface area contributed by atoms with Gasteiger partial charge in [-0.15, -0.1) is 6.42 Å². The van der Waals surface area contributed by atoms with Crippen molar-refractivity contribution in [1.82, 2.24) is 0 Å². The van der Waals surface area contributed by atoms with Crippen molar-refractivity contribution in [2.24, 2.45) is 0 Å². The van der Waals surface area contributed by atoms with Crippen LogP contribution in [0.25, 0.3) is 0 Å². The summed E-state index contributed by atoms with van der Waals surface area (Å²) in [5.74, 6) is 2.02. The monoisotopic (exact) mass is 230 g/mol. The molecule has 0 spiro atoms. The minimum atomic E-state index is -0.503. The Morgan fingerprint density at radius 2 is 2.06 bits per heavy atom. The highest BCUT2D eigenvalue weighted by Gasteiger charge is 2.06. The number of rotatable bonds is 4. The van der Waals surface area contributed by atoms with Gasteiger partial charge in [0.2, 0.25) is 0 Å². The zero-order valence-electron chi connectivity index (χ0n) is 9.84. The van der Waals surface area contributed by atoms with Gasteiger partial charge in [-0.05, 0) is 6.92 Å². The van der Waals surface area contributed by atoms with E-state index in [-0.39, 0.29) is 0 Å². The molecule has 17 heavy (non-hydrogen) atoms. The number of esters is 1. The van der Waals surface area contributed by atoms with Gasteiger partial charge in [0.1, 0.15) is 0 Å². The second-order valence-corrected chi connectivity index (χ2v) is 3.42. The largest absolute Gasteiger partial charge is 0.480 e. The van der Waals surface area contributed by atoms with E-state index in [1.54, 1.807) is 0 Å². The van der Waals surface area contributed by atoms with Crippen LogP contribution < -0.4 is 0 Å². The van der Waals surface area contributed by atoms with E-state index < -0.39 is 12.1 Å². The normalized spacial score (nSPS) is 11.8. The lowest BCUT2D eigenvalue weighted by Gasteiger charge is -2.10. The van der Waals surface area contributed by atoms with E-state index in [1.807, 2.05) is 31.2 Å². The van der Waals surface area contributed by atoms with Crippen LogP contribution in [0.1, 0.15) is 17.2 Å². The molecule has 0 aliphatic carbocycles. The Bertz CT molecular complexity index is 438. The van der Waals surface area contributed by atoms with Gasteiger partial charge in [0, 0.05) is 5.56 Å². The van der Waals surface area contributed by atoms with E-state index in [9.17, 15) is 4.79 Å². The van der Waals surface area contributed by atoms with Crippen LogP contribution >= 0.6 is 0 Å². The van der Waals surface area contributed by atoms with Crippen molar-refractivity contribution in [3.8, 4) is 12.3 Å². The fourth-order valence-electron chi connectivity index (χ4n) is 1.20. The molecular weight excluding hydrogens is 216 g/mol. The Morgan fingerprint density at radius 1 is 1.41 bits per heavy atom. The van der Waals surface area contributed by atoms with Gasteiger partial charge in [-0.2, -0.15) is 0 Å². The second kappa shape index (κ2) is 6.39. The molecule has 1 atom stereocenters. The minimum absolute atomic E-state index is 0.482. The molecule has 0 bridgehead atoms. The van der Waals surface area contributed by atoms with E-state index in [0.29, 0.717) is 0 Å². The molecular formula is C14H14O3. The van der Waals surface area contributed by atoms with Crippen molar-refractivity contribution >= 4 is 5.97 Å². The van der Waals surface area contributed by atoms with Crippen molar-refractivity contribution in [3.63, 3.8) is 0 Å². The topological polar surface area (TPSA) is 35.5 Å². The lowest BCUT2D eigenvalue weighted by molar-refractivity contribution is -0.135. The van der Waals surface area contributed by atoms with E-state index >= 15 is 0 Å². The zero-order chi connectivity index (χ0) is 12.7. The van der Waals surface area contributed by atoms with Gasteiger partial charge in [-0.1, -0.05) is 35.7 Å². The number of ether oxygens (including phenoxy) is 2. The summed E-state index contributed by atoms with van der Waals surface area (Å²) in [6.45, 7) is 1.99. The standard InChI is InChI=1S/C14H14O3/c1-4-13(17-10-9-14(15)16-3)12-7-5-11(2)6-8-12/h1,5-10,13H,2-3H3/b10-9+. The quantitative estimate of drug-likeness (QED) is 0.345. The number of benzene rings is 1. The van der Waals surface area contributed by atoms with Crippen LogP contribution in [0.5, 0.6) is 0 Å². The minimum Gasteiger partial charge on any atom is -0.480 e. The number of terminal acetylenes is 1. The Morgan fingerprint density at radius 3 is 2.59 bits per heavy atom. The van der Waals surface area contributed by atoms with Crippen LogP contribution in [0, 0.1) is 19.3 Å². The van der Waals surface area contributed by atoms with Crippen LogP contribution in [0.15, 0.2) is 36.6 Å². The zero-order valence-corrected chi connectivity index (χ0v) is 9.84. The Hall–Kier alpha value is -2.21. The maximum atomic E-state index is 10.8. The summed E-state index contributed by atoms with van der Waals surface area (Å²) in [4.78, 5) is 10.8. The van der Waals surface area contributed by atoms with Gasteiger partial charge in [0.05, 0.1) is 19.4 Å². The fraction of sp³-hybridized carbons (Fsp3) is 0.214. The molecule has 0 amide bonds. The SMILES string of the molecule is C#CC(O/C=C/C(=O)OC)c1ccc(C)cc1. The smallest absolute Gasteiger partial charge is 0.333 e. The van der Waals surface area contributed by atoms with E-state index in [0.717, 1.165) is 11.1 Å². The molecule has 0 saturated carbocycles. The summed E-state index contributed by atoms with van der Waals surface area (Å²) in [5, 5.41) is 0. The van der Waals surface area contributed by atoms with Crippen molar-refractivity contribution in [2.75, 3.05) is 7.11 Å². The molecule has 0 heterocycles. The average Bonchev–Trinajstić information content (AvgIpc) is 2.35. The van der Waals surface area contributed by atoms with Gasteiger partial charge < -0.3 is 9.47 Å². The molecule has 0 saturated heterocycles.